The predicted octanol–water partition coefficient (Wildman–Crippen LogP) is 23.0. The zero-order valence-corrected chi connectivity index (χ0v) is 65.3. The largest absolute Gasteiger partial charge is 0.472 e. The summed E-state index contributed by atoms with van der Waals surface area (Å²) in [7, 11) is -9.92. The Morgan fingerprint density at radius 2 is 0.526 bits per heavy atom. The molecule has 0 spiro atoms. The first-order valence-electron chi connectivity index (χ1n) is 40.4. The summed E-state index contributed by atoms with van der Waals surface area (Å²) in [5, 5.41) is 10.6. The molecule has 0 heterocycles. The lowest BCUT2D eigenvalue weighted by Crippen LogP contribution is -2.30. The Morgan fingerprint density at radius 3 is 0.784 bits per heavy atom. The second-order valence-corrected chi connectivity index (χ2v) is 32.2. The lowest BCUT2D eigenvalue weighted by atomic mass is 9.99. The molecule has 0 aromatic rings. The summed E-state index contributed by atoms with van der Waals surface area (Å²) in [5.41, 5.74) is 0. The fraction of sp³-hybridized carbons (Fsp3) is 0.949. The van der Waals surface area contributed by atoms with Gasteiger partial charge in [-0.05, 0) is 43.4 Å². The zero-order chi connectivity index (χ0) is 71.6. The molecule has 97 heavy (non-hydrogen) atoms. The van der Waals surface area contributed by atoms with Crippen molar-refractivity contribution in [2.75, 3.05) is 39.6 Å². The first kappa shape index (κ1) is 95.1. The lowest BCUT2D eigenvalue weighted by molar-refractivity contribution is -0.161. The second kappa shape index (κ2) is 68.5. The molecule has 6 atom stereocenters. The van der Waals surface area contributed by atoms with Gasteiger partial charge in [0.2, 0.25) is 0 Å². The summed E-state index contributed by atoms with van der Waals surface area (Å²) in [6.45, 7) is 12.0. The molecular weight excluding hydrogens is 1270 g/mol. The Balaban J connectivity index is 5.28. The van der Waals surface area contributed by atoms with E-state index in [2.05, 4.69) is 48.5 Å². The van der Waals surface area contributed by atoms with Gasteiger partial charge in [0.25, 0.3) is 0 Å². The average molecular weight is 1420 g/mol. The normalized spacial score (nSPS) is 14.3. The quantitative estimate of drug-likeness (QED) is 0.0222. The number of phosphoric acid groups is 2. The van der Waals surface area contributed by atoms with E-state index in [1.54, 1.807) is 0 Å². The number of unbranched alkanes of at least 4 members (excludes halogenated alkanes) is 43. The van der Waals surface area contributed by atoms with Crippen molar-refractivity contribution < 1.29 is 80.2 Å². The van der Waals surface area contributed by atoms with Crippen molar-refractivity contribution >= 4 is 39.5 Å². The molecule has 19 heteroatoms. The zero-order valence-electron chi connectivity index (χ0n) is 63.5. The number of aliphatic hydroxyl groups excluding tert-OH is 1. The standard InChI is InChI=1S/C78H152O17P2/c1-8-10-11-12-13-14-15-17-23-31-38-45-52-59-75(80)88-66-74(95-78(83)62-55-48-41-34-27-26-30-37-44-51-58-71(7)9-2)68-93-97(86,87)91-64-72(79)63-90-96(84,85)92-67-73(65-89-76(81)60-53-46-39-32-25-20-22-29-36-43-50-57-70(5)6)94-77(82)61-54-47-40-33-24-19-16-18-21-28-35-42-49-56-69(3)4/h69-74,79H,8-68H2,1-7H3,(H,84,85)(H,86,87)/t71?,72-,73-,74-/m1/s1. The van der Waals surface area contributed by atoms with Crippen LogP contribution in [0.2, 0.25) is 0 Å². The van der Waals surface area contributed by atoms with Gasteiger partial charge in [-0.15, -0.1) is 0 Å². The van der Waals surface area contributed by atoms with Crippen LogP contribution in [0.5, 0.6) is 0 Å². The molecular formula is C78H152O17P2. The van der Waals surface area contributed by atoms with Crippen LogP contribution in [0.15, 0.2) is 0 Å². The van der Waals surface area contributed by atoms with Gasteiger partial charge in [-0.3, -0.25) is 37.3 Å². The number of rotatable bonds is 76. The minimum absolute atomic E-state index is 0.107. The molecule has 0 aliphatic carbocycles. The SMILES string of the molecule is CCCCCCCCCCCCCCCC(=O)OC[C@H](COP(=O)(O)OC[C@H](O)COP(=O)(O)OC[C@@H](COC(=O)CCCCCCCCCCCCCC(C)C)OC(=O)CCCCCCCCCCCCCCCC(C)C)OC(=O)CCCCCCCCCCCCC(C)CC. The highest BCUT2D eigenvalue weighted by Crippen LogP contribution is 2.45. The number of ether oxygens (including phenoxy) is 4. The molecule has 0 rings (SSSR count). The fourth-order valence-corrected chi connectivity index (χ4v) is 13.5. The van der Waals surface area contributed by atoms with Crippen molar-refractivity contribution in [1.82, 2.24) is 0 Å². The smallest absolute Gasteiger partial charge is 0.462 e. The molecule has 0 aromatic heterocycles. The van der Waals surface area contributed by atoms with Gasteiger partial charge in [0.15, 0.2) is 12.2 Å². The van der Waals surface area contributed by atoms with Gasteiger partial charge in [-0.1, -0.05) is 350 Å². The minimum atomic E-state index is -4.96. The minimum Gasteiger partial charge on any atom is -0.462 e. The van der Waals surface area contributed by atoms with Crippen molar-refractivity contribution in [3.8, 4) is 0 Å². The average Bonchev–Trinajstić information content (AvgIpc) is 1.48. The molecule has 0 saturated heterocycles. The molecule has 3 unspecified atom stereocenters. The van der Waals surface area contributed by atoms with Gasteiger partial charge in [0, 0.05) is 25.7 Å². The molecule has 0 aliphatic heterocycles. The van der Waals surface area contributed by atoms with E-state index < -0.39 is 97.5 Å². The van der Waals surface area contributed by atoms with E-state index in [0.717, 1.165) is 108 Å². The van der Waals surface area contributed by atoms with Crippen molar-refractivity contribution in [3.05, 3.63) is 0 Å². The van der Waals surface area contributed by atoms with E-state index in [-0.39, 0.29) is 25.7 Å². The molecule has 3 N–H and O–H groups in total. The molecule has 0 aliphatic rings. The summed E-state index contributed by atoms with van der Waals surface area (Å²) < 4.78 is 68.7. The van der Waals surface area contributed by atoms with Crippen LogP contribution in [0.4, 0.5) is 0 Å². The van der Waals surface area contributed by atoms with Gasteiger partial charge in [-0.25, -0.2) is 9.13 Å². The number of hydrogen-bond acceptors (Lipinski definition) is 15. The second-order valence-electron chi connectivity index (χ2n) is 29.3. The third-order valence-electron chi connectivity index (χ3n) is 18.5. The van der Waals surface area contributed by atoms with Crippen LogP contribution in [0.25, 0.3) is 0 Å². The number of aliphatic hydroxyl groups is 1. The number of hydrogen-bond donors (Lipinski definition) is 3. The van der Waals surface area contributed by atoms with Gasteiger partial charge >= 0.3 is 39.5 Å². The number of carbonyl (C=O) groups is 4. The van der Waals surface area contributed by atoms with Crippen LogP contribution in [-0.2, 0) is 65.4 Å². The highest BCUT2D eigenvalue weighted by atomic mass is 31.2. The van der Waals surface area contributed by atoms with E-state index in [0.29, 0.717) is 25.7 Å². The van der Waals surface area contributed by atoms with Crippen molar-refractivity contribution in [3.63, 3.8) is 0 Å². The maximum atomic E-state index is 13.1. The van der Waals surface area contributed by atoms with Gasteiger partial charge in [0.05, 0.1) is 26.4 Å². The van der Waals surface area contributed by atoms with Gasteiger partial charge in [-0.2, -0.15) is 0 Å². The molecule has 0 bridgehead atoms. The van der Waals surface area contributed by atoms with Gasteiger partial charge < -0.3 is 33.8 Å². The summed E-state index contributed by atoms with van der Waals surface area (Å²) in [5.74, 6) is 0.248. The molecule has 0 amide bonds. The van der Waals surface area contributed by atoms with Crippen LogP contribution in [0.1, 0.15) is 402 Å². The molecule has 0 radical (unpaired) electrons. The maximum Gasteiger partial charge on any atom is 0.472 e. The molecule has 0 saturated carbocycles. The summed E-state index contributed by atoms with van der Waals surface area (Å²) in [4.78, 5) is 73.0. The van der Waals surface area contributed by atoms with Crippen molar-refractivity contribution in [2.45, 2.75) is 420 Å². The summed E-state index contributed by atoms with van der Waals surface area (Å²) >= 11 is 0. The van der Waals surface area contributed by atoms with Gasteiger partial charge in [0.1, 0.15) is 19.3 Å². The van der Waals surface area contributed by atoms with Crippen LogP contribution in [0.3, 0.4) is 0 Å². The third kappa shape index (κ3) is 70.9. The Morgan fingerprint density at radius 1 is 0.299 bits per heavy atom. The lowest BCUT2D eigenvalue weighted by Gasteiger charge is -2.21. The van der Waals surface area contributed by atoms with E-state index in [4.69, 9.17) is 37.0 Å². The van der Waals surface area contributed by atoms with Crippen LogP contribution in [0, 0.1) is 17.8 Å². The third-order valence-corrected chi connectivity index (χ3v) is 20.4. The molecule has 0 aromatic carbocycles. The number of esters is 4. The summed E-state index contributed by atoms with van der Waals surface area (Å²) in [6, 6.07) is 0. The Kier molecular flexibility index (Phi) is 67.1. The summed E-state index contributed by atoms with van der Waals surface area (Å²) in [6.07, 6.45) is 55.2. The number of phosphoric ester groups is 2. The highest BCUT2D eigenvalue weighted by Gasteiger charge is 2.30. The Hall–Kier alpha value is -1.94. The highest BCUT2D eigenvalue weighted by molar-refractivity contribution is 7.47. The molecule has 0 fully saturated rings. The van der Waals surface area contributed by atoms with Crippen LogP contribution >= 0.6 is 15.6 Å². The Bertz CT molecular complexity index is 1890. The van der Waals surface area contributed by atoms with Crippen LogP contribution in [-0.4, -0.2) is 96.7 Å². The van der Waals surface area contributed by atoms with E-state index >= 15 is 0 Å². The van der Waals surface area contributed by atoms with Crippen molar-refractivity contribution in [1.29, 1.82) is 0 Å². The topological polar surface area (TPSA) is 237 Å². The first-order valence-corrected chi connectivity index (χ1v) is 43.4. The predicted molar refractivity (Wildman–Crippen MR) is 395 cm³/mol. The van der Waals surface area contributed by atoms with E-state index in [1.807, 2.05) is 0 Å². The van der Waals surface area contributed by atoms with Crippen molar-refractivity contribution in [2.24, 2.45) is 17.8 Å². The molecule has 17 nitrogen and oxygen atoms in total. The monoisotopic (exact) mass is 1420 g/mol. The van der Waals surface area contributed by atoms with Crippen LogP contribution < -0.4 is 0 Å². The number of carbonyl (C=O) groups excluding carboxylic acids is 4. The van der Waals surface area contributed by atoms with E-state index in [1.165, 1.54) is 212 Å². The fourth-order valence-electron chi connectivity index (χ4n) is 11.9. The molecule has 576 valence electrons. The first-order chi connectivity index (χ1) is 46.8. The maximum absolute atomic E-state index is 13.1. The Labute approximate surface area is 594 Å². The van der Waals surface area contributed by atoms with E-state index in [9.17, 15) is 43.2 Å².